The molecule has 6 heteroatoms. The Labute approximate surface area is 171 Å². The molecule has 2 aromatic rings. The number of alkyl carbamates (subject to hydrolysis) is 1. The second kappa shape index (κ2) is 8.55. The van der Waals surface area contributed by atoms with E-state index in [1.807, 2.05) is 24.3 Å². The first-order valence-electron chi connectivity index (χ1n) is 9.84. The van der Waals surface area contributed by atoms with Crippen molar-refractivity contribution in [3.05, 3.63) is 65.2 Å². The highest BCUT2D eigenvalue weighted by Crippen LogP contribution is 2.25. The zero-order chi connectivity index (χ0) is 21.0. The molecule has 0 saturated heterocycles. The summed E-state index contributed by atoms with van der Waals surface area (Å²) in [6.07, 6.45) is 0.477. The predicted molar refractivity (Wildman–Crippen MR) is 112 cm³/mol. The van der Waals surface area contributed by atoms with Gasteiger partial charge in [0, 0.05) is 25.2 Å². The van der Waals surface area contributed by atoms with Crippen LogP contribution < -0.4 is 10.2 Å². The van der Waals surface area contributed by atoms with E-state index in [9.17, 15) is 14.7 Å². The molecule has 2 N–H and O–H groups in total. The van der Waals surface area contributed by atoms with E-state index in [1.165, 1.54) is 11.1 Å². The summed E-state index contributed by atoms with van der Waals surface area (Å²) in [5.41, 5.74) is 4.01. The molecule has 1 atom stereocenters. The number of hydrogen-bond donors (Lipinski definition) is 2. The van der Waals surface area contributed by atoms with Gasteiger partial charge in [-0.15, -0.1) is 0 Å². The number of fused-ring (bicyclic) bond motifs is 1. The van der Waals surface area contributed by atoms with Gasteiger partial charge in [0.1, 0.15) is 11.6 Å². The molecule has 1 aliphatic rings. The van der Waals surface area contributed by atoms with E-state index in [4.69, 9.17) is 4.74 Å². The summed E-state index contributed by atoms with van der Waals surface area (Å²) in [6, 6.07) is 15.3. The van der Waals surface area contributed by atoms with Crippen LogP contribution in [0, 0.1) is 0 Å². The van der Waals surface area contributed by atoms with Crippen molar-refractivity contribution in [3.8, 4) is 0 Å². The number of carboxylic acid groups (broad SMARTS) is 1. The van der Waals surface area contributed by atoms with Crippen molar-refractivity contribution in [2.75, 3.05) is 11.4 Å². The van der Waals surface area contributed by atoms with Crippen LogP contribution in [0.4, 0.5) is 10.5 Å². The topological polar surface area (TPSA) is 78.9 Å². The number of ether oxygens (including phenoxy) is 1. The quantitative estimate of drug-likeness (QED) is 0.804. The Balaban J connectivity index is 1.63. The van der Waals surface area contributed by atoms with Crippen molar-refractivity contribution in [1.82, 2.24) is 5.32 Å². The summed E-state index contributed by atoms with van der Waals surface area (Å²) >= 11 is 0. The molecule has 29 heavy (non-hydrogen) atoms. The third kappa shape index (κ3) is 5.73. The van der Waals surface area contributed by atoms with E-state index in [2.05, 4.69) is 34.5 Å². The zero-order valence-corrected chi connectivity index (χ0v) is 17.1. The smallest absolute Gasteiger partial charge is 0.408 e. The minimum absolute atomic E-state index is 0.192. The Bertz CT molecular complexity index is 871. The summed E-state index contributed by atoms with van der Waals surface area (Å²) in [5, 5.41) is 11.9. The lowest BCUT2D eigenvalue weighted by Gasteiger charge is -2.31. The van der Waals surface area contributed by atoms with Crippen LogP contribution in [-0.4, -0.2) is 35.4 Å². The lowest BCUT2D eigenvalue weighted by Crippen LogP contribution is -2.44. The normalized spacial score (nSPS) is 14.7. The molecule has 0 unspecified atom stereocenters. The van der Waals surface area contributed by atoms with Crippen molar-refractivity contribution in [2.24, 2.45) is 0 Å². The van der Waals surface area contributed by atoms with Gasteiger partial charge in [0.05, 0.1) is 0 Å². The average Bonchev–Trinajstić information content (AvgIpc) is 2.66. The van der Waals surface area contributed by atoms with Gasteiger partial charge in [0.15, 0.2) is 0 Å². The number of carboxylic acids is 1. The Hall–Kier alpha value is -3.02. The molecule has 0 fully saturated rings. The number of nitrogens with one attached hydrogen (secondary N) is 1. The number of carbonyl (C=O) groups is 2. The number of amides is 1. The van der Waals surface area contributed by atoms with E-state index in [1.54, 1.807) is 20.8 Å². The number of hydrogen-bond acceptors (Lipinski definition) is 4. The van der Waals surface area contributed by atoms with Crippen molar-refractivity contribution >= 4 is 17.7 Å². The largest absolute Gasteiger partial charge is 0.480 e. The summed E-state index contributed by atoms with van der Waals surface area (Å²) in [5.74, 6) is -1.09. The number of anilines is 1. The molecule has 0 radical (unpaired) electrons. The van der Waals surface area contributed by atoms with Gasteiger partial charge in [-0.25, -0.2) is 9.59 Å². The third-order valence-corrected chi connectivity index (χ3v) is 4.86. The monoisotopic (exact) mass is 396 g/mol. The van der Waals surface area contributed by atoms with Crippen molar-refractivity contribution in [3.63, 3.8) is 0 Å². The first-order valence-corrected chi connectivity index (χ1v) is 9.84. The maximum atomic E-state index is 11.9. The Kier molecular flexibility index (Phi) is 6.11. The number of benzene rings is 2. The van der Waals surface area contributed by atoms with Crippen LogP contribution in [0.2, 0.25) is 0 Å². The van der Waals surface area contributed by atoms with Gasteiger partial charge in [0.25, 0.3) is 0 Å². The van der Waals surface area contributed by atoms with Crippen LogP contribution in [0.1, 0.15) is 37.5 Å². The highest BCUT2D eigenvalue weighted by molar-refractivity contribution is 5.80. The molecule has 1 heterocycles. The van der Waals surface area contributed by atoms with Gasteiger partial charge >= 0.3 is 12.1 Å². The minimum Gasteiger partial charge on any atom is -0.480 e. The van der Waals surface area contributed by atoms with E-state index in [0.717, 1.165) is 30.8 Å². The molecule has 2 aromatic carbocycles. The number of aliphatic carboxylic acids is 1. The molecular formula is C23H28N2O4. The van der Waals surface area contributed by atoms with Crippen LogP contribution in [0.25, 0.3) is 0 Å². The highest BCUT2D eigenvalue weighted by Gasteiger charge is 2.24. The molecular weight excluding hydrogens is 368 g/mol. The molecule has 1 amide bonds. The summed E-state index contributed by atoms with van der Waals surface area (Å²) in [6.45, 7) is 7.03. The van der Waals surface area contributed by atoms with Crippen molar-refractivity contribution in [1.29, 1.82) is 0 Å². The molecule has 6 nitrogen and oxygen atoms in total. The SMILES string of the molecule is CC(C)(C)OC(=O)N[C@H](Cc1ccc(N2CCc3ccccc3C2)cc1)C(=O)O. The zero-order valence-electron chi connectivity index (χ0n) is 17.1. The summed E-state index contributed by atoms with van der Waals surface area (Å²) in [4.78, 5) is 25.8. The lowest BCUT2D eigenvalue weighted by molar-refractivity contribution is -0.139. The Morgan fingerprint density at radius 1 is 1.10 bits per heavy atom. The second-order valence-corrected chi connectivity index (χ2v) is 8.35. The van der Waals surface area contributed by atoms with Gasteiger partial charge in [-0.1, -0.05) is 36.4 Å². The standard InChI is InChI=1S/C23H28N2O4/c1-23(2,3)29-22(28)24-20(21(26)27)14-16-8-10-19(11-9-16)25-13-12-17-6-4-5-7-18(17)15-25/h4-11,20H,12-15H2,1-3H3,(H,24,28)(H,26,27)/t20-/m1/s1. The van der Waals surface area contributed by atoms with Crippen molar-refractivity contribution < 1.29 is 19.4 Å². The molecule has 0 spiro atoms. The van der Waals surface area contributed by atoms with E-state index < -0.39 is 23.7 Å². The lowest BCUT2D eigenvalue weighted by atomic mass is 9.99. The number of rotatable bonds is 5. The van der Waals surface area contributed by atoms with Gasteiger partial charge in [-0.2, -0.15) is 0 Å². The van der Waals surface area contributed by atoms with Crippen LogP contribution in [0.3, 0.4) is 0 Å². The molecule has 0 aliphatic carbocycles. The summed E-state index contributed by atoms with van der Waals surface area (Å²) in [7, 11) is 0. The number of carbonyl (C=O) groups excluding carboxylic acids is 1. The first kappa shape index (κ1) is 20.7. The molecule has 1 aliphatic heterocycles. The van der Waals surface area contributed by atoms with Crippen LogP contribution in [0.15, 0.2) is 48.5 Å². The molecule has 154 valence electrons. The van der Waals surface area contributed by atoms with Gasteiger partial charge in [-0.3, -0.25) is 0 Å². The molecule has 0 saturated carbocycles. The maximum absolute atomic E-state index is 11.9. The maximum Gasteiger partial charge on any atom is 0.408 e. The summed E-state index contributed by atoms with van der Waals surface area (Å²) < 4.78 is 5.16. The van der Waals surface area contributed by atoms with Gasteiger partial charge in [0.2, 0.25) is 0 Å². The first-order chi connectivity index (χ1) is 13.7. The average molecular weight is 396 g/mol. The van der Waals surface area contributed by atoms with Crippen LogP contribution in [0.5, 0.6) is 0 Å². The number of nitrogens with zero attached hydrogens (tertiary/aromatic N) is 1. The van der Waals surface area contributed by atoms with Crippen LogP contribution in [-0.2, 0) is 28.9 Å². The predicted octanol–water partition coefficient (Wildman–Crippen LogP) is 3.77. The minimum atomic E-state index is -1.09. The second-order valence-electron chi connectivity index (χ2n) is 8.35. The van der Waals surface area contributed by atoms with Crippen LogP contribution >= 0.6 is 0 Å². The Morgan fingerprint density at radius 3 is 2.38 bits per heavy atom. The Morgan fingerprint density at radius 2 is 1.76 bits per heavy atom. The molecule has 3 rings (SSSR count). The van der Waals surface area contributed by atoms with E-state index in [-0.39, 0.29) is 6.42 Å². The van der Waals surface area contributed by atoms with E-state index >= 15 is 0 Å². The fourth-order valence-electron chi connectivity index (χ4n) is 3.44. The van der Waals surface area contributed by atoms with Gasteiger partial charge < -0.3 is 20.1 Å². The molecule has 0 aromatic heterocycles. The third-order valence-electron chi connectivity index (χ3n) is 4.86. The van der Waals surface area contributed by atoms with Crippen molar-refractivity contribution in [2.45, 2.75) is 51.8 Å². The fourth-order valence-corrected chi connectivity index (χ4v) is 3.44. The molecule has 0 bridgehead atoms. The highest BCUT2D eigenvalue weighted by atomic mass is 16.6. The van der Waals surface area contributed by atoms with E-state index in [0.29, 0.717) is 0 Å². The fraction of sp³-hybridized carbons (Fsp3) is 0.391. The van der Waals surface area contributed by atoms with Gasteiger partial charge in [-0.05, 0) is 56.0 Å².